The maximum atomic E-state index is 10.4. The van der Waals surface area contributed by atoms with Crippen LogP contribution in [-0.4, -0.2) is 28.7 Å². The molecule has 3 nitrogen and oxygen atoms in total. The first-order valence-corrected chi connectivity index (χ1v) is 7.48. The Morgan fingerprint density at radius 3 is 2.67 bits per heavy atom. The van der Waals surface area contributed by atoms with Crippen molar-refractivity contribution in [1.82, 2.24) is 4.90 Å². The third kappa shape index (κ3) is 1.84. The molecule has 0 radical (unpaired) electrons. The van der Waals surface area contributed by atoms with Gasteiger partial charge in [-0.1, -0.05) is 24.3 Å². The molecule has 0 saturated heterocycles. The van der Waals surface area contributed by atoms with E-state index in [-0.39, 0.29) is 11.5 Å². The summed E-state index contributed by atoms with van der Waals surface area (Å²) in [6.45, 7) is 0.990. The molecular formula is C18H19NO2. The predicted molar refractivity (Wildman–Crippen MR) is 81.8 cm³/mol. The summed E-state index contributed by atoms with van der Waals surface area (Å²) in [7, 11) is 2.15. The minimum absolute atomic E-state index is 0.0198. The lowest BCUT2D eigenvalue weighted by molar-refractivity contribution is 0.228. The van der Waals surface area contributed by atoms with Crippen LogP contribution in [0.4, 0.5) is 0 Å². The van der Waals surface area contributed by atoms with Crippen LogP contribution < -0.4 is 0 Å². The topological polar surface area (TPSA) is 43.7 Å². The average Bonchev–Trinajstić information content (AvgIpc) is 2.66. The van der Waals surface area contributed by atoms with E-state index in [0.29, 0.717) is 12.5 Å². The summed E-state index contributed by atoms with van der Waals surface area (Å²) >= 11 is 0. The molecule has 21 heavy (non-hydrogen) atoms. The van der Waals surface area contributed by atoms with Gasteiger partial charge in [0.25, 0.3) is 0 Å². The molecule has 2 N–H and O–H groups in total. The van der Waals surface area contributed by atoms with Gasteiger partial charge in [-0.2, -0.15) is 0 Å². The standard InChI is InChI=1S/C18H19NO2/c1-19-7-6-13-10-16(20)18(21)14-8-11-4-2-3-5-12(11)9-15(19)17(13)14/h2-5,10,15,20-21H,6-9H2,1H3. The van der Waals surface area contributed by atoms with E-state index in [9.17, 15) is 10.2 Å². The Labute approximate surface area is 124 Å². The highest BCUT2D eigenvalue weighted by Gasteiger charge is 2.33. The first kappa shape index (κ1) is 12.7. The van der Waals surface area contributed by atoms with Crippen molar-refractivity contribution in [2.75, 3.05) is 13.6 Å². The van der Waals surface area contributed by atoms with Crippen molar-refractivity contribution in [3.05, 3.63) is 58.1 Å². The van der Waals surface area contributed by atoms with E-state index < -0.39 is 0 Å². The van der Waals surface area contributed by atoms with Gasteiger partial charge in [0.2, 0.25) is 0 Å². The minimum Gasteiger partial charge on any atom is -0.504 e. The Morgan fingerprint density at radius 1 is 1.10 bits per heavy atom. The van der Waals surface area contributed by atoms with E-state index in [4.69, 9.17) is 0 Å². The van der Waals surface area contributed by atoms with Crippen LogP contribution in [-0.2, 0) is 19.3 Å². The summed E-state index contributed by atoms with van der Waals surface area (Å²) in [5.41, 5.74) is 5.93. The normalized spacial score (nSPS) is 20.5. The second-order valence-corrected chi connectivity index (χ2v) is 6.19. The Kier molecular flexibility index (Phi) is 2.73. The molecule has 0 aromatic heterocycles. The Morgan fingerprint density at radius 2 is 1.86 bits per heavy atom. The van der Waals surface area contributed by atoms with Crippen molar-refractivity contribution in [3.8, 4) is 11.5 Å². The van der Waals surface area contributed by atoms with Crippen LogP contribution in [0.1, 0.15) is 33.9 Å². The summed E-state index contributed by atoms with van der Waals surface area (Å²) in [5, 5.41) is 20.4. The summed E-state index contributed by atoms with van der Waals surface area (Å²) in [4.78, 5) is 2.37. The molecular weight excluding hydrogens is 262 g/mol. The molecule has 4 rings (SSSR count). The summed E-state index contributed by atoms with van der Waals surface area (Å²) < 4.78 is 0. The van der Waals surface area contributed by atoms with E-state index in [0.717, 1.165) is 24.9 Å². The van der Waals surface area contributed by atoms with Crippen molar-refractivity contribution < 1.29 is 10.2 Å². The lowest BCUT2D eigenvalue weighted by Gasteiger charge is -2.35. The predicted octanol–water partition coefficient (Wildman–Crippen LogP) is 2.77. The second kappa shape index (κ2) is 4.50. The molecule has 1 unspecified atom stereocenters. The molecule has 0 amide bonds. The number of nitrogens with zero attached hydrogens (tertiary/aromatic N) is 1. The summed E-state index contributed by atoms with van der Waals surface area (Å²) in [5.74, 6) is 0.0807. The maximum absolute atomic E-state index is 10.4. The lowest BCUT2D eigenvalue weighted by atomic mass is 9.86. The Bertz CT molecular complexity index is 723. The number of rotatable bonds is 0. The second-order valence-electron chi connectivity index (χ2n) is 6.19. The molecule has 1 heterocycles. The van der Waals surface area contributed by atoms with Crippen molar-refractivity contribution in [2.24, 2.45) is 0 Å². The zero-order chi connectivity index (χ0) is 14.6. The zero-order valence-corrected chi connectivity index (χ0v) is 12.1. The number of phenols is 2. The highest BCUT2D eigenvalue weighted by Crippen LogP contribution is 2.45. The van der Waals surface area contributed by atoms with E-state index in [1.54, 1.807) is 6.07 Å². The zero-order valence-electron chi connectivity index (χ0n) is 12.1. The number of aromatic hydroxyl groups is 2. The molecule has 0 saturated carbocycles. The molecule has 0 fully saturated rings. The molecule has 2 aromatic rings. The number of fused-ring (bicyclic) bond motifs is 1. The minimum atomic E-state index is 0.0198. The van der Waals surface area contributed by atoms with Crippen molar-refractivity contribution in [1.29, 1.82) is 0 Å². The highest BCUT2D eigenvalue weighted by molar-refractivity contribution is 5.58. The van der Waals surface area contributed by atoms with Gasteiger partial charge in [-0.3, -0.25) is 4.90 Å². The third-order valence-corrected chi connectivity index (χ3v) is 5.01. The van der Waals surface area contributed by atoms with Crippen molar-refractivity contribution in [2.45, 2.75) is 25.3 Å². The average molecular weight is 281 g/mol. The highest BCUT2D eigenvalue weighted by atomic mass is 16.3. The van der Waals surface area contributed by atoms with Crippen LogP contribution in [0.5, 0.6) is 11.5 Å². The van der Waals surface area contributed by atoms with Gasteiger partial charge in [0.05, 0.1) is 0 Å². The van der Waals surface area contributed by atoms with Crippen LogP contribution >= 0.6 is 0 Å². The van der Waals surface area contributed by atoms with Crippen molar-refractivity contribution in [3.63, 3.8) is 0 Å². The third-order valence-electron chi connectivity index (χ3n) is 5.01. The maximum Gasteiger partial charge on any atom is 0.161 e. The molecule has 0 spiro atoms. The Hall–Kier alpha value is -2.00. The lowest BCUT2D eigenvalue weighted by Crippen LogP contribution is -2.33. The number of likely N-dealkylation sites (N-methyl/N-ethyl adjacent to an activating group) is 1. The van der Waals surface area contributed by atoms with Gasteiger partial charge in [-0.15, -0.1) is 0 Å². The van der Waals surface area contributed by atoms with Gasteiger partial charge >= 0.3 is 0 Å². The quantitative estimate of drug-likeness (QED) is 0.730. The molecule has 1 atom stereocenters. The molecule has 2 aromatic carbocycles. The first-order valence-electron chi connectivity index (χ1n) is 7.48. The monoisotopic (exact) mass is 281 g/mol. The molecule has 108 valence electrons. The van der Waals surface area contributed by atoms with Crippen LogP contribution in [0.3, 0.4) is 0 Å². The molecule has 3 heteroatoms. The summed E-state index contributed by atoms with van der Waals surface area (Å²) in [6, 6.07) is 10.5. The first-order chi connectivity index (χ1) is 10.1. The van der Waals surface area contributed by atoms with E-state index in [1.807, 2.05) is 6.07 Å². The van der Waals surface area contributed by atoms with E-state index >= 15 is 0 Å². The van der Waals surface area contributed by atoms with Gasteiger partial charge in [0, 0.05) is 24.6 Å². The summed E-state index contributed by atoms with van der Waals surface area (Å²) in [6.07, 6.45) is 2.60. The van der Waals surface area contributed by atoms with Crippen LogP contribution in [0, 0.1) is 0 Å². The van der Waals surface area contributed by atoms with Gasteiger partial charge in [-0.05, 0) is 48.2 Å². The number of hydrogen-bond donors (Lipinski definition) is 2. The van der Waals surface area contributed by atoms with E-state index in [2.05, 4.69) is 30.1 Å². The number of hydrogen-bond acceptors (Lipinski definition) is 3. The SMILES string of the molecule is CN1CCc2cc(O)c(O)c3c2C1Cc1ccccc1C3. The number of benzene rings is 2. The smallest absolute Gasteiger partial charge is 0.161 e. The Balaban J connectivity index is 2.00. The van der Waals surface area contributed by atoms with Gasteiger partial charge in [0.15, 0.2) is 11.5 Å². The van der Waals surface area contributed by atoms with Crippen LogP contribution in [0.15, 0.2) is 30.3 Å². The largest absolute Gasteiger partial charge is 0.504 e. The number of phenolic OH excluding ortho intramolecular Hbond substituents is 2. The van der Waals surface area contributed by atoms with Gasteiger partial charge in [-0.25, -0.2) is 0 Å². The fourth-order valence-electron chi connectivity index (χ4n) is 3.85. The molecule has 0 bridgehead atoms. The molecule has 2 aliphatic rings. The van der Waals surface area contributed by atoms with Crippen molar-refractivity contribution >= 4 is 0 Å². The van der Waals surface area contributed by atoms with E-state index in [1.165, 1.54) is 22.3 Å². The fraction of sp³-hybridized carbons (Fsp3) is 0.333. The molecule has 1 aliphatic heterocycles. The van der Waals surface area contributed by atoms with Crippen LogP contribution in [0.2, 0.25) is 0 Å². The van der Waals surface area contributed by atoms with Gasteiger partial charge in [0.1, 0.15) is 0 Å². The molecule has 1 aliphatic carbocycles. The van der Waals surface area contributed by atoms with Gasteiger partial charge < -0.3 is 10.2 Å². The van der Waals surface area contributed by atoms with Crippen LogP contribution in [0.25, 0.3) is 0 Å². The fourth-order valence-corrected chi connectivity index (χ4v) is 3.85.